The average Bonchev–Trinajstić information content (AvgIpc) is 2.81. The van der Waals surface area contributed by atoms with Crippen molar-refractivity contribution in [2.75, 3.05) is 13.2 Å². The van der Waals surface area contributed by atoms with Gasteiger partial charge in [0.1, 0.15) is 30.6 Å². The maximum absolute atomic E-state index is 11.5. The van der Waals surface area contributed by atoms with Crippen molar-refractivity contribution in [3.05, 3.63) is 0 Å². The highest BCUT2D eigenvalue weighted by Gasteiger charge is 2.45. The van der Waals surface area contributed by atoms with E-state index in [2.05, 4.69) is 10.6 Å². The number of carbonyl (C=O) groups is 1. The summed E-state index contributed by atoms with van der Waals surface area (Å²) in [5, 5.41) is 64.5. The van der Waals surface area contributed by atoms with Crippen LogP contribution in [-0.4, -0.2) is 105 Å². The summed E-state index contributed by atoms with van der Waals surface area (Å²) < 4.78 is 10.6. The van der Waals surface area contributed by atoms with Crippen LogP contribution in [0.25, 0.3) is 0 Å². The molecule has 0 amide bonds. The van der Waals surface area contributed by atoms with Gasteiger partial charge in [-0.3, -0.25) is 5.32 Å². The molecule has 11 heteroatoms. The van der Waals surface area contributed by atoms with Gasteiger partial charge in [-0.2, -0.15) is 0 Å². The topological polar surface area (TPSA) is 181 Å². The lowest BCUT2D eigenvalue weighted by atomic mass is 9.99. The molecule has 0 spiro atoms. The summed E-state index contributed by atoms with van der Waals surface area (Å²) in [6.45, 7) is 2.17. The molecular weight excluding hydrogens is 448 g/mol. The fourth-order valence-electron chi connectivity index (χ4n) is 4.52. The van der Waals surface area contributed by atoms with Crippen LogP contribution < -0.4 is 10.6 Å². The number of unbranched alkanes of at least 4 members (excludes halogenated alkanes) is 7. The Morgan fingerprint density at radius 3 is 2.18 bits per heavy atom. The van der Waals surface area contributed by atoms with Gasteiger partial charge < -0.3 is 45.4 Å². The molecule has 2 fully saturated rings. The Kier molecular flexibility index (Phi) is 13.2. The number of hydrogen-bond acceptors (Lipinski definition) is 10. The molecule has 11 nitrogen and oxygen atoms in total. The predicted octanol–water partition coefficient (Wildman–Crippen LogP) is -0.575. The van der Waals surface area contributed by atoms with Crippen LogP contribution in [0.1, 0.15) is 71.1 Å². The van der Waals surface area contributed by atoms with Gasteiger partial charge in [0.2, 0.25) is 0 Å². The first-order chi connectivity index (χ1) is 16.2. The van der Waals surface area contributed by atoms with E-state index in [4.69, 9.17) is 9.47 Å². The zero-order chi connectivity index (χ0) is 25.1. The highest BCUT2D eigenvalue weighted by molar-refractivity contribution is 5.72. The second-order valence-corrected chi connectivity index (χ2v) is 9.57. The first-order valence-electron chi connectivity index (χ1n) is 12.6. The van der Waals surface area contributed by atoms with Gasteiger partial charge in [-0.15, -0.1) is 0 Å². The Balaban J connectivity index is 1.53. The minimum atomic E-state index is -1.61. The Morgan fingerprint density at radius 1 is 0.971 bits per heavy atom. The second kappa shape index (κ2) is 15.3. The lowest BCUT2D eigenvalue weighted by Crippen LogP contribution is -2.60. The van der Waals surface area contributed by atoms with Gasteiger partial charge in [0.25, 0.3) is 0 Å². The maximum Gasteiger partial charge on any atom is 0.332 e. The summed E-state index contributed by atoms with van der Waals surface area (Å²) >= 11 is 0. The zero-order valence-electron chi connectivity index (χ0n) is 20.1. The monoisotopic (exact) mass is 492 g/mol. The average molecular weight is 493 g/mol. The minimum absolute atomic E-state index is 0.0714. The first kappa shape index (κ1) is 29.3. The van der Waals surface area contributed by atoms with Gasteiger partial charge in [0.05, 0.1) is 6.61 Å². The van der Waals surface area contributed by atoms with E-state index < -0.39 is 55.6 Å². The summed E-state index contributed by atoms with van der Waals surface area (Å²) in [4.78, 5) is 11.5. The van der Waals surface area contributed by atoms with Gasteiger partial charge in [-0.25, -0.2) is 4.79 Å². The van der Waals surface area contributed by atoms with Crippen molar-refractivity contribution in [2.45, 2.75) is 126 Å². The standard InChI is InChI=1S/C23H44N2O9/c1-14-21(30)24-12-15(25-14)10-8-6-4-2-3-5-7-9-11-16(22(31)32)33-23-20(29)19(28)18(27)17(13-26)34-23/h14-21,23-30H,2-13H2,1H3,(H,31,32)/t14-,15+,16?,17+,18+,19-,20+,21-,23+/m0/s1. The van der Waals surface area contributed by atoms with Crippen LogP contribution in [0.5, 0.6) is 0 Å². The van der Waals surface area contributed by atoms with Crippen molar-refractivity contribution in [2.24, 2.45) is 0 Å². The van der Waals surface area contributed by atoms with Crippen molar-refractivity contribution in [3.8, 4) is 0 Å². The fraction of sp³-hybridized carbons (Fsp3) is 0.957. The third-order valence-corrected chi connectivity index (χ3v) is 6.74. The Labute approximate surface area is 201 Å². The molecule has 0 aliphatic carbocycles. The van der Waals surface area contributed by atoms with Gasteiger partial charge in [-0.05, 0) is 19.8 Å². The van der Waals surface area contributed by atoms with Crippen LogP contribution in [0.2, 0.25) is 0 Å². The van der Waals surface area contributed by atoms with E-state index in [1.54, 1.807) is 0 Å². The minimum Gasteiger partial charge on any atom is -0.479 e. The molecule has 2 saturated heterocycles. The van der Waals surface area contributed by atoms with E-state index in [1.165, 1.54) is 6.42 Å². The highest BCUT2D eigenvalue weighted by Crippen LogP contribution is 2.24. The molecule has 0 saturated carbocycles. The summed E-state index contributed by atoms with van der Waals surface area (Å²) in [6.07, 6.45) is 0.538. The lowest BCUT2D eigenvalue weighted by molar-refractivity contribution is -0.310. The largest absolute Gasteiger partial charge is 0.479 e. The molecule has 2 aliphatic rings. The number of nitrogens with one attached hydrogen (secondary N) is 2. The third-order valence-electron chi connectivity index (χ3n) is 6.74. The third kappa shape index (κ3) is 9.29. The molecule has 2 aliphatic heterocycles. The quantitative estimate of drug-likeness (QED) is 0.137. The molecular formula is C23H44N2O9. The molecule has 1 unspecified atom stereocenters. The fourth-order valence-corrected chi connectivity index (χ4v) is 4.52. The van der Waals surface area contributed by atoms with Crippen LogP contribution in [0.4, 0.5) is 0 Å². The second-order valence-electron chi connectivity index (χ2n) is 9.57. The number of ether oxygens (including phenoxy) is 2. The number of carboxylic acids is 1. The molecule has 34 heavy (non-hydrogen) atoms. The summed E-state index contributed by atoms with van der Waals surface area (Å²) in [6, 6.07) is 0.480. The Hall–Kier alpha value is -0.890. The van der Waals surface area contributed by atoms with Crippen LogP contribution in [0.15, 0.2) is 0 Å². The van der Waals surface area contributed by atoms with E-state index in [0.29, 0.717) is 12.5 Å². The van der Waals surface area contributed by atoms with Gasteiger partial charge >= 0.3 is 5.97 Å². The molecule has 0 aromatic rings. The molecule has 9 atom stereocenters. The van der Waals surface area contributed by atoms with Gasteiger partial charge in [0, 0.05) is 18.6 Å². The lowest BCUT2D eigenvalue weighted by Gasteiger charge is -2.40. The number of aliphatic carboxylic acids is 1. The van der Waals surface area contributed by atoms with E-state index in [9.17, 15) is 35.4 Å². The van der Waals surface area contributed by atoms with E-state index in [0.717, 1.165) is 51.5 Å². The number of hydrogen-bond donors (Lipinski definition) is 8. The van der Waals surface area contributed by atoms with Crippen LogP contribution in [-0.2, 0) is 14.3 Å². The zero-order valence-corrected chi connectivity index (χ0v) is 20.1. The molecule has 0 radical (unpaired) electrons. The normalized spacial score (nSPS) is 35.2. The Bertz CT molecular complexity index is 583. The van der Waals surface area contributed by atoms with E-state index in [-0.39, 0.29) is 12.5 Å². The van der Waals surface area contributed by atoms with Crippen molar-refractivity contribution in [1.82, 2.24) is 10.6 Å². The van der Waals surface area contributed by atoms with Crippen molar-refractivity contribution in [1.29, 1.82) is 0 Å². The Morgan fingerprint density at radius 2 is 1.59 bits per heavy atom. The van der Waals surface area contributed by atoms with E-state index in [1.807, 2.05) is 6.92 Å². The number of rotatable bonds is 15. The van der Waals surface area contributed by atoms with Crippen molar-refractivity contribution < 1.29 is 44.9 Å². The van der Waals surface area contributed by atoms with Gasteiger partial charge in [-0.1, -0.05) is 51.4 Å². The molecule has 200 valence electrons. The summed E-state index contributed by atoms with van der Waals surface area (Å²) in [5.41, 5.74) is 0. The van der Waals surface area contributed by atoms with Crippen molar-refractivity contribution in [3.63, 3.8) is 0 Å². The molecule has 0 aromatic heterocycles. The first-order valence-corrected chi connectivity index (χ1v) is 12.6. The number of aliphatic hydroxyl groups is 5. The molecule has 0 bridgehead atoms. The molecule has 2 rings (SSSR count). The smallest absolute Gasteiger partial charge is 0.332 e. The number of piperazine rings is 1. The number of carboxylic acid groups (broad SMARTS) is 1. The van der Waals surface area contributed by atoms with Gasteiger partial charge in [0.15, 0.2) is 12.4 Å². The van der Waals surface area contributed by atoms with E-state index >= 15 is 0 Å². The number of aliphatic hydroxyl groups excluding tert-OH is 5. The molecule has 0 aromatic carbocycles. The SMILES string of the molecule is C[C@@H]1N[C@H](CCCCCCCCCCC(O[C@@H]2O[C@H](CO)[C@@H](O)[C@H](O)[C@H]2O)C(=O)O)CN[C@H]1O. The van der Waals surface area contributed by atoms with Crippen LogP contribution in [0, 0.1) is 0 Å². The van der Waals surface area contributed by atoms with Crippen LogP contribution in [0.3, 0.4) is 0 Å². The summed E-state index contributed by atoms with van der Waals surface area (Å²) in [7, 11) is 0. The predicted molar refractivity (Wildman–Crippen MR) is 123 cm³/mol. The van der Waals surface area contributed by atoms with Crippen LogP contribution >= 0.6 is 0 Å². The molecule has 8 N–H and O–H groups in total. The summed E-state index contributed by atoms with van der Waals surface area (Å²) in [5.74, 6) is -1.19. The van der Waals surface area contributed by atoms with Crippen molar-refractivity contribution >= 4 is 5.97 Å². The maximum atomic E-state index is 11.5. The molecule has 2 heterocycles. The highest BCUT2D eigenvalue weighted by atomic mass is 16.7.